The molecule has 5 heteroatoms. The van der Waals surface area contributed by atoms with Crippen molar-refractivity contribution in [2.24, 2.45) is 0 Å². The van der Waals surface area contributed by atoms with Crippen LogP contribution in [0.4, 0.5) is 4.39 Å². The van der Waals surface area contributed by atoms with E-state index in [1.54, 1.807) is 0 Å². The molecule has 0 bridgehead atoms. The lowest BCUT2D eigenvalue weighted by Crippen LogP contribution is -2.35. The highest BCUT2D eigenvalue weighted by atomic mass is 32.2. The standard InChI is InChI=1S/C25H29FN2OS/c1-18-7-10-24(19-5-3-2-4-6-19)30-28(18)16-20-8-9-21(15-23(20)26)25(17-27)13-11-22(29)12-14-25/h3,5-6,8-9,15,18,24H,2,4,7,10-14,16H2,1H3/t18-,24?/m0/s1. The molecule has 1 aromatic carbocycles. The molecule has 0 spiro atoms. The molecule has 0 radical (unpaired) electrons. The molecule has 2 fully saturated rings. The van der Waals surface area contributed by atoms with Crippen molar-refractivity contribution in [1.29, 1.82) is 5.26 Å². The summed E-state index contributed by atoms with van der Waals surface area (Å²) in [5.74, 6) is -0.0442. The molecule has 30 heavy (non-hydrogen) atoms. The zero-order valence-corrected chi connectivity index (χ0v) is 18.4. The van der Waals surface area contributed by atoms with Crippen LogP contribution in [0.3, 0.4) is 0 Å². The van der Waals surface area contributed by atoms with Crippen molar-refractivity contribution in [1.82, 2.24) is 4.31 Å². The number of nitriles is 1. The maximum atomic E-state index is 15.1. The van der Waals surface area contributed by atoms with Gasteiger partial charge in [0, 0.05) is 36.2 Å². The maximum absolute atomic E-state index is 15.1. The highest BCUT2D eigenvalue weighted by Gasteiger charge is 2.37. The number of carbonyl (C=O) groups excluding carboxylic acids is 1. The first kappa shape index (κ1) is 21.3. The van der Waals surface area contributed by atoms with Crippen LogP contribution in [-0.2, 0) is 16.8 Å². The number of rotatable bonds is 4. The molecule has 1 saturated carbocycles. The molecule has 3 aliphatic rings. The van der Waals surface area contributed by atoms with Gasteiger partial charge in [0.1, 0.15) is 11.6 Å². The first-order chi connectivity index (χ1) is 14.5. The molecular weight excluding hydrogens is 395 g/mol. The van der Waals surface area contributed by atoms with E-state index in [1.807, 2.05) is 24.1 Å². The van der Waals surface area contributed by atoms with E-state index < -0.39 is 5.41 Å². The minimum Gasteiger partial charge on any atom is -0.300 e. The van der Waals surface area contributed by atoms with Crippen LogP contribution in [0.25, 0.3) is 0 Å². The number of hydrogen-bond donors (Lipinski definition) is 0. The van der Waals surface area contributed by atoms with Crippen molar-refractivity contribution in [2.45, 2.75) is 81.5 Å². The Kier molecular flexibility index (Phi) is 6.46. The number of carbonyl (C=O) groups is 1. The van der Waals surface area contributed by atoms with E-state index in [-0.39, 0.29) is 11.6 Å². The zero-order chi connectivity index (χ0) is 21.1. The molecule has 1 heterocycles. The SMILES string of the molecule is C[C@H]1CCC(C2=CCCC=C2)SN1Cc1ccc(C2(C#N)CCC(=O)CC2)cc1F. The average molecular weight is 425 g/mol. The van der Waals surface area contributed by atoms with Crippen molar-refractivity contribution in [2.75, 3.05) is 0 Å². The topological polar surface area (TPSA) is 44.1 Å². The van der Waals surface area contributed by atoms with Gasteiger partial charge in [-0.2, -0.15) is 5.26 Å². The molecule has 2 atom stereocenters. The third kappa shape index (κ3) is 4.40. The normalized spacial score (nSPS) is 26.8. The van der Waals surface area contributed by atoms with Gasteiger partial charge in [-0.15, -0.1) is 0 Å². The Bertz CT molecular complexity index is 906. The fourth-order valence-corrected chi connectivity index (χ4v) is 6.10. The molecule has 3 nitrogen and oxygen atoms in total. The number of nitrogens with zero attached hydrogens (tertiary/aromatic N) is 2. The van der Waals surface area contributed by atoms with Crippen LogP contribution >= 0.6 is 11.9 Å². The van der Waals surface area contributed by atoms with Crippen LogP contribution in [-0.4, -0.2) is 21.4 Å². The molecule has 158 valence electrons. The molecule has 1 unspecified atom stereocenters. The van der Waals surface area contributed by atoms with Gasteiger partial charge >= 0.3 is 0 Å². The second-order valence-corrected chi connectivity index (χ2v) is 10.1. The van der Waals surface area contributed by atoms with Gasteiger partial charge in [0.2, 0.25) is 0 Å². The summed E-state index contributed by atoms with van der Waals surface area (Å²) in [7, 11) is 0. The van der Waals surface area contributed by atoms with Crippen LogP contribution < -0.4 is 0 Å². The van der Waals surface area contributed by atoms with E-state index in [9.17, 15) is 10.1 Å². The van der Waals surface area contributed by atoms with E-state index >= 15 is 4.39 Å². The molecular formula is C25H29FN2OS. The second-order valence-electron chi connectivity index (χ2n) is 8.82. The van der Waals surface area contributed by atoms with Crippen LogP contribution in [0.15, 0.2) is 42.0 Å². The van der Waals surface area contributed by atoms with Crippen molar-refractivity contribution < 1.29 is 9.18 Å². The summed E-state index contributed by atoms with van der Waals surface area (Å²) >= 11 is 1.84. The van der Waals surface area contributed by atoms with Crippen LogP contribution in [0.1, 0.15) is 69.4 Å². The third-order valence-electron chi connectivity index (χ3n) is 6.80. The van der Waals surface area contributed by atoms with Gasteiger partial charge in [-0.3, -0.25) is 4.79 Å². The predicted molar refractivity (Wildman–Crippen MR) is 119 cm³/mol. The summed E-state index contributed by atoms with van der Waals surface area (Å²) in [4.78, 5) is 11.6. The van der Waals surface area contributed by atoms with Gasteiger partial charge in [-0.25, -0.2) is 8.70 Å². The molecule has 1 saturated heterocycles. The zero-order valence-electron chi connectivity index (χ0n) is 17.6. The highest BCUT2D eigenvalue weighted by Crippen LogP contribution is 2.40. The van der Waals surface area contributed by atoms with Gasteiger partial charge in [0.05, 0.1) is 11.5 Å². The molecule has 1 aromatic rings. The largest absolute Gasteiger partial charge is 0.300 e. The molecule has 0 aromatic heterocycles. The minimum absolute atomic E-state index is 0.201. The lowest BCUT2D eigenvalue weighted by Gasteiger charge is -2.38. The van der Waals surface area contributed by atoms with E-state index in [1.165, 1.54) is 11.6 Å². The number of ketones is 1. The smallest absolute Gasteiger partial charge is 0.133 e. The molecule has 1 aliphatic heterocycles. The number of halogens is 1. The lowest BCUT2D eigenvalue weighted by molar-refractivity contribution is -0.120. The quantitative estimate of drug-likeness (QED) is 0.556. The molecule has 2 aliphatic carbocycles. The summed E-state index contributed by atoms with van der Waals surface area (Å²) in [6.07, 6.45) is 13.1. The summed E-state index contributed by atoms with van der Waals surface area (Å²) in [6.45, 7) is 2.77. The Balaban J connectivity index is 1.49. The van der Waals surface area contributed by atoms with Crippen molar-refractivity contribution >= 4 is 17.7 Å². The summed E-state index contributed by atoms with van der Waals surface area (Å²) in [5, 5.41) is 10.2. The second kappa shape index (κ2) is 9.08. The van der Waals surface area contributed by atoms with Gasteiger partial charge < -0.3 is 0 Å². The van der Waals surface area contributed by atoms with Gasteiger partial charge in [0.25, 0.3) is 0 Å². The van der Waals surface area contributed by atoms with E-state index in [0.717, 1.165) is 25.7 Å². The number of allylic oxidation sites excluding steroid dienone is 3. The Morgan fingerprint density at radius 1 is 1.27 bits per heavy atom. The summed E-state index contributed by atoms with van der Waals surface area (Å²) in [5.41, 5.74) is 2.06. The number of hydrogen-bond acceptors (Lipinski definition) is 4. The van der Waals surface area contributed by atoms with E-state index in [0.29, 0.717) is 54.6 Å². The van der Waals surface area contributed by atoms with Crippen LogP contribution in [0.2, 0.25) is 0 Å². The summed E-state index contributed by atoms with van der Waals surface area (Å²) in [6, 6.07) is 8.07. The highest BCUT2D eigenvalue weighted by molar-refractivity contribution is 7.97. The third-order valence-corrected chi connectivity index (χ3v) is 8.33. The van der Waals surface area contributed by atoms with Gasteiger partial charge in [0.15, 0.2) is 0 Å². The van der Waals surface area contributed by atoms with E-state index in [4.69, 9.17) is 0 Å². The molecule has 0 amide bonds. The number of benzene rings is 1. The molecule has 0 N–H and O–H groups in total. The summed E-state index contributed by atoms with van der Waals surface area (Å²) < 4.78 is 17.4. The predicted octanol–water partition coefficient (Wildman–Crippen LogP) is 6.01. The Morgan fingerprint density at radius 2 is 2.07 bits per heavy atom. The van der Waals surface area contributed by atoms with Gasteiger partial charge in [-0.1, -0.05) is 42.3 Å². The monoisotopic (exact) mass is 424 g/mol. The lowest BCUT2D eigenvalue weighted by atomic mass is 9.70. The Hall–Kier alpha value is -1.90. The fraction of sp³-hybridized carbons (Fsp3) is 0.520. The average Bonchev–Trinajstić information content (AvgIpc) is 2.78. The number of Topliss-reactive ketones (excluding diaryl/α,β-unsaturated/α-hetero) is 1. The van der Waals surface area contributed by atoms with Crippen LogP contribution in [0.5, 0.6) is 0 Å². The Labute approximate surface area is 183 Å². The van der Waals surface area contributed by atoms with Crippen molar-refractivity contribution in [3.63, 3.8) is 0 Å². The molecule has 4 rings (SSSR count). The van der Waals surface area contributed by atoms with E-state index in [2.05, 4.69) is 35.5 Å². The first-order valence-electron chi connectivity index (χ1n) is 11.0. The van der Waals surface area contributed by atoms with Gasteiger partial charge in [-0.05, 0) is 62.7 Å². The fourth-order valence-electron chi connectivity index (χ4n) is 4.71. The van der Waals surface area contributed by atoms with Crippen LogP contribution in [0, 0.1) is 17.1 Å². The van der Waals surface area contributed by atoms with Crippen molar-refractivity contribution in [3.05, 3.63) is 58.9 Å². The maximum Gasteiger partial charge on any atom is 0.133 e. The Morgan fingerprint density at radius 3 is 2.73 bits per heavy atom. The minimum atomic E-state index is -0.731. The van der Waals surface area contributed by atoms with Crippen molar-refractivity contribution in [3.8, 4) is 6.07 Å². The first-order valence-corrected chi connectivity index (χ1v) is 11.9.